The summed E-state index contributed by atoms with van der Waals surface area (Å²) in [4.78, 5) is 2.56. The Bertz CT molecular complexity index is 426. The fraction of sp³-hybridized carbons (Fsp3) is 0.579. The van der Waals surface area contributed by atoms with Crippen LogP contribution in [-0.2, 0) is 6.42 Å². The summed E-state index contributed by atoms with van der Waals surface area (Å²) >= 11 is 0. The average molecular weight is 286 g/mol. The highest BCUT2D eigenvalue weighted by molar-refractivity contribution is 5.15. The highest BCUT2D eigenvalue weighted by Gasteiger charge is 2.19. The summed E-state index contributed by atoms with van der Waals surface area (Å²) in [5.74, 6) is 0. The van der Waals surface area contributed by atoms with Crippen molar-refractivity contribution in [3.63, 3.8) is 0 Å². The molecule has 0 spiro atoms. The number of allylic oxidation sites excluding steroid dienone is 1. The normalized spacial score (nSPS) is 18.4. The predicted octanol–water partition coefficient (Wildman–Crippen LogP) is 3.64. The number of hydrogen-bond donors (Lipinski definition) is 1. The van der Waals surface area contributed by atoms with Crippen LogP contribution in [0.25, 0.3) is 0 Å². The standard InChI is InChI=1S/C19H30N2/c1-16(2)9-12-21-13-10-19(11-14-21)20-17(3)15-18-7-5-4-6-8-18/h4-9,17,19-20H,10-15H2,1-3H3. The lowest BCUT2D eigenvalue weighted by atomic mass is 10.0. The van der Waals surface area contributed by atoms with Crippen LogP contribution in [0.5, 0.6) is 0 Å². The van der Waals surface area contributed by atoms with E-state index in [1.807, 2.05) is 0 Å². The lowest BCUT2D eigenvalue weighted by Gasteiger charge is -2.33. The quantitative estimate of drug-likeness (QED) is 0.803. The number of benzene rings is 1. The van der Waals surface area contributed by atoms with Crippen LogP contribution in [0.1, 0.15) is 39.2 Å². The molecule has 21 heavy (non-hydrogen) atoms. The lowest BCUT2D eigenvalue weighted by Crippen LogP contribution is -2.46. The third-order valence-corrected chi connectivity index (χ3v) is 4.25. The van der Waals surface area contributed by atoms with Gasteiger partial charge in [-0.25, -0.2) is 0 Å². The van der Waals surface area contributed by atoms with Gasteiger partial charge in [0, 0.05) is 18.6 Å². The number of piperidine rings is 1. The van der Waals surface area contributed by atoms with Crippen LogP contribution in [0.4, 0.5) is 0 Å². The SMILES string of the molecule is CC(C)=CCN1CCC(NC(C)Cc2ccccc2)CC1. The lowest BCUT2D eigenvalue weighted by molar-refractivity contribution is 0.208. The number of hydrogen-bond acceptors (Lipinski definition) is 2. The Morgan fingerprint density at radius 1 is 1.24 bits per heavy atom. The Balaban J connectivity index is 1.69. The number of likely N-dealkylation sites (tertiary alicyclic amines) is 1. The molecule has 1 aromatic carbocycles. The zero-order valence-corrected chi connectivity index (χ0v) is 13.8. The van der Waals surface area contributed by atoms with Gasteiger partial charge >= 0.3 is 0 Å². The average Bonchev–Trinajstić information content (AvgIpc) is 2.47. The van der Waals surface area contributed by atoms with Gasteiger partial charge in [-0.15, -0.1) is 0 Å². The summed E-state index contributed by atoms with van der Waals surface area (Å²) in [5, 5.41) is 3.81. The molecule has 1 aliphatic heterocycles. The van der Waals surface area contributed by atoms with Gasteiger partial charge in [-0.1, -0.05) is 42.0 Å². The van der Waals surface area contributed by atoms with E-state index in [4.69, 9.17) is 0 Å². The molecule has 0 radical (unpaired) electrons. The van der Waals surface area contributed by atoms with Gasteiger partial charge in [-0.05, 0) is 58.7 Å². The zero-order chi connectivity index (χ0) is 15.1. The minimum atomic E-state index is 0.557. The second-order valence-corrected chi connectivity index (χ2v) is 6.61. The fourth-order valence-corrected chi connectivity index (χ4v) is 3.02. The van der Waals surface area contributed by atoms with Crippen molar-refractivity contribution >= 4 is 0 Å². The van der Waals surface area contributed by atoms with Crippen LogP contribution in [0.2, 0.25) is 0 Å². The molecule has 1 atom stereocenters. The second-order valence-electron chi connectivity index (χ2n) is 6.61. The molecule has 0 aliphatic carbocycles. The molecule has 1 aliphatic rings. The molecule has 2 rings (SSSR count). The molecular formula is C19H30N2. The molecule has 0 bridgehead atoms. The van der Waals surface area contributed by atoms with E-state index >= 15 is 0 Å². The van der Waals surface area contributed by atoms with Gasteiger partial charge in [0.15, 0.2) is 0 Å². The van der Waals surface area contributed by atoms with Gasteiger partial charge in [0.05, 0.1) is 0 Å². The molecule has 1 N–H and O–H groups in total. The molecule has 1 aromatic rings. The van der Waals surface area contributed by atoms with Crippen LogP contribution >= 0.6 is 0 Å². The van der Waals surface area contributed by atoms with Crippen molar-refractivity contribution in [1.29, 1.82) is 0 Å². The summed E-state index contributed by atoms with van der Waals surface area (Å²) in [5.41, 5.74) is 2.85. The van der Waals surface area contributed by atoms with Crippen LogP contribution < -0.4 is 5.32 Å². The summed E-state index contributed by atoms with van der Waals surface area (Å²) in [6.45, 7) is 10.2. The molecule has 2 heteroatoms. The Kier molecular flexibility index (Phi) is 6.47. The first-order valence-electron chi connectivity index (χ1n) is 8.29. The maximum atomic E-state index is 3.81. The van der Waals surface area contributed by atoms with E-state index < -0.39 is 0 Å². The molecule has 1 fully saturated rings. The minimum Gasteiger partial charge on any atom is -0.311 e. The van der Waals surface area contributed by atoms with Crippen molar-refractivity contribution in [2.75, 3.05) is 19.6 Å². The topological polar surface area (TPSA) is 15.3 Å². The Labute approximate surface area is 130 Å². The smallest absolute Gasteiger partial charge is 0.0165 e. The maximum Gasteiger partial charge on any atom is 0.0165 e. The van der Waals surface area contributed by atoms with Gasteiger partial charge < -0.3 is 5.32 Å². The summed E-state index contributed by atoms with van der Waals surface area (Å²) in [6, 6.07) is 12.0. The van der Waals surface area contributed by atoms with Crippen molar-refractivity contribution in [3.8, 4) is 0 Å². The first kappa shape index (κ1) is 16.3. The number of nitrogens with one attached hydrogen (secondary N) is 1. The van der Waals surface area contributed by atoms with Crippen molar-refractivity contribution in [2.45, 2.75) is 52.1 Å². The number of nitrogens with zero attached hydrogens (tertiary/aromatic N) is 1. The maximum absolute atomic E-state index is 3.81. The molecule has 1 unspecified atom stereocenters. The molecule has 1 saturated heterocycles. The van der Waals surface area contributed by atoms with E-state index in [1.54, 1.807) is 0 Å². The predicted molar refractivity (Wildman–Crippen MR) is 91.6 cm³/mol. The van der Waals surface area contributed by atoms with Crippen LogP contribution in [0, 0.1) is 0 Å². The third kappa shape index (κ3) is 6.03. The molecule has 0 saturated carbocycles. The highest BCUT2D eigenvalue weighted by Crippen LogP contribution is 2.12. The van der Waals surface area contributed by atoms with Gasteiger partial charge in [-0.3, -0.25) is 4.90 Å². The Hall–Kier alpha value is -1.12. The molecule has 2 nitrogen and oxygen atoms in total. The molecule has 0 amide bonds. The third-order valence-electron chi connectivity index (χ3n) is 4.25. The first-order chi connectivity index (χ1) is 10.1. The first-order valence-corrected chi connectivity index (χ1v) is 8.29. The van der Waals surface area contributed by atoms with Gasteiger partial charge in [0.2, 0.25) is 0 Å². The zero-order valence-electron chi connectivity index (χ0n) is 13.8. The van der Waals surface area contributed by atoms with E-state index in [0.717, 1.165) is 13.0 Å². The van der Waals surface area contributed by atoms with Crippen molar-refractivity contribution < 1.29 is 0 Å². The Morgan fingerprint density at radius 3 is 2.52 bits per heavy atom. The summed E-state index contributed by atoms with van der Waals surface area (Å²) in [7, 11) is 0. The van der Waals surface area contributed by atoms with E-state index in [0.29, 0.717) is 12.1 Å². The summed E-state index contributed by atoms with van der Waals surface area (Å²) < 4.78 is 0. The van der Waals surface area contributed by atoms with E-state index in [1.165, 1.54) is 37.1 Å². The number of rotatable bonds is 6. The molecule has 0 aromatic heterocycles. The largest absolute Gasteiger partial charge is 0.311 e. The van der Waals surface area contributed by atoms with Crippen molar-refractivity contribution in [1.82, 2.24) is 10.2 Å². The fourth-order valence-electron chi connectivity index (χ4n) is 3.02. The highest BCUT2D eigenvalue weighted by atomic mass is 15.1. The van der Waals surface area contributed by atoms with Crippen molar-refractivity contribution in [3.05, 3.63) is 47.5 Å². The Morgan fingerprint density at radius 2 is 1.90 bits per heavy atom. The second kappa shape index (κ2) is 8.35. The minimum absolute atomic E-state index is 0.557. The monoisotopic (exact) mass is 286 g/mol. The molecule has 1 heterocycles. The van der Waals surface area contributed by atoms with E-state index in [9.17, 15) is 0 Å². The van der Waals surface area contributed by atoms with Gasteiger partial charge in [-0.2, -0.15) is 0 Å². The van der Waals surface area contributed by atoms with Gasteiger partial charge in [0.25, 0.3) is 0 Å². The van der Waals surface area contributed by atoms with Crippen LogP contribution in [0.15, 0.2) is 42.0 Å². The van der Waals surface area contributed by atoms with E-state index in [-0.39, 0.29) is 0 Å². The molecule has 116 valence electrons. The summed E-state index contributed by atoms with van der Waals surface area (Å²) in [6.07, 6.45) is 6.01. The van der Waals surface area contributed by atoms with E-state index in [2.05, 4.69) is 67.4 Å². The van der Waals surface area contributed by atoms with Crippen molar-refractivity contribution in [2.24, 2.45) is 0 Å². The molecular weight excluding hydrogens is 256 g/mol. The van der Waals surface area contributed by atoms with Gasteiger partial charge in [0.1, 0.15) is 0 Å². The van der Waals surface area contributed by atoms with Crippen LogP contribution in [0.3, 0.4) is 0 Å². The van der Waals surface area contributed by atoms with Crippen LogP contribution in [-0.4, -0.2) is 36.6 Å².